The summed E-state index contributed by atoms with van der Waals surface area (Å²) in [6.07, 6.45) is 1.31. The SMILES string of the molecule is COCCCN(CC(=O)N1CCc2sccc2C1c1ccc(C)cc1)C(=O)c1ccc(C)c([N+](=O)[O-])c1. The number of carbonyl (C=O) groups is 2. The second kappa shape index (κ2) is 11.7. The van der Waals surface area contributed by atoms with Crippen molar-refractivity contribution in [1.82, 2.24) is 9.80 Å². The highest BCUT2D eigenvalue weighted by Gasteiger charge is 2.34. The number of hydrogen-bond acceptors (Lipinski definition) is 6. The van der Waals surface area contributed by atoms with E-state index in [1.807, 2.05) is 24.0 Å². The topological polar surface area (TPSA) is 93.0 Å². The van der Waals surface area contributed by atoms with Crippen LogP contribution in [0.1, 0.15) is 50.0 Å². The molecule has 1 aliphatic rings. The zero-order valence-corrected chi connectivity index (χ0v) is 22.1. The largest absolute Gasteiger partial charge is 0.385 e. The number of hydrogen-bond donors (Lipinski definition) is 0. The van der Waals surface area contributed by atoms with Gasteiger partial charge < -0.3 is 14.5 Å². The average molecular weight is 522 g/mol. The van der Waals surface area contributed by atoms with Crippen molar-refractivity contribution in [3.8, 4) is 0 Å². The number of nitro benzene ring substituents is 1. The monoisotopic (exact) mass is 521 g/mol. The Labute approximate surface area is 220 Å². The predicted octanol–water partition coefficient (Wildman–Crippen LogP) is 4.93. The normalized spacial score (nSPS) is 14.8. The van der Waals surface area contributed by atoms with Crippen LogP contribution in [0.2, 0.25) is 0 Å². The van der Waals surface area contributed by atoms with Crippen LogP contribution in [0.3, 0.4) is 0 Å². The van der Waals surface area contributed by atoms with Crippen LogP contribution in [0.5, 0.6) is 0 Å². The summed E-state index contributed by atoms with van der Waals surface area (Å²) in [6.45, 7) is 4.83. The van der Waals surface area contributed by atoms with Gasteiger partial charge in [0.05, 0.1) is 11.0 Å². The Hall–Kier alpha value is -3.56. The fourth-order valence-electron chi connectivity index (χ4n) is 4.72. The molecule has 0 aliphatic carbocycles. The summed E-state index contributed by atoms with van der Waals surface area (Å²) in [6, 6.07) is 14.5. The van der Waals surface area contributed by atoms with Crippen LogP contribution in [0.25, 0.3) is 0 Å². The van der Waals surface area contributed by atoms with Gasteiger partial charge in [-0.3, -0.25) is 19.7 Å². The van der Waals surface area contributed by atoms with E-state index >= 15 is 0 Å². The number of nitro groups is 1. The number of amides is 2. The maximum absolute atomic E-state index is 13.8. The third kappa shape index (κ3) is 5.89. The lowest BCUT2D eigenvalue weighted by Gasteiger charge is -2.37. The highest BCUT2D eigenvalue weighted by molar-refractivity contribution is 7.10. The van der Waals surface area contributed by atoms with E-state index in [1.54, 1.807) is 37.5 Å². The van der Waals surface area contributed by atoms with Crippen LogP contribution in [-0.2, 0) is 16.0 Å². The van der Waals surface area contributed by atoms with Gasteiger partial charge >= 0.3 is 0 Å². The molecule has 0 bridgehead atoms. The minimum absolute atomic E-state index is 0.116. The van der Waals surface area contributed by atoms with Crippen molar-refractivity contribution < 1.29 is 19.2 Å². The summed E-state index contributed by atoms with van der Waals surface area (Å²) in [4.78, 5) is 42.8. The molecule has 4 rings (SSSR count). The van der Waals surface area contributed by atoms with Gasteiger partial charge in [-0.2, -0.15) is 0 Å². The fourth-order valence-corrected chi connectivity index (χ4v) is 5.63. The van der Waals surface area contributed by atoms with Crippen molar-refractivity contribution in [3.05, 3.63) is 96.7 Å². The number of carbonyl (C=O) groups excluding carboxylic acids is 2. The number of fused-ring (bicyclic) bond motifs is 1. The van der Waals surface area contributed by atoms with Gasteiger partial charge in [0.2, 0.25) is 5.91 Å². The third-order valence-electron chi connectivity index (χ3n) is 6.72. The van der Waals surface area contributed by atoms with E-state index in [9.17, 15) is 19.7 Å². The first-order chi connectivity index (χ1) is 17.8. The van der Waals surface area contributed by atoms with Gasteiger partial charge in [-0.15, -0.1) is 11.3 Å². The van der Waals surface area contributed by atoms with Crippen LogP contribution in [0.15, 0.2) is 53.9 Å². The minimum Gasteiger partial charge on any atom is -0.385 e. The van der Waals surface area contributed by atoms with Gasteiger partial charge in [0, 0.05) is 48.9 Å². The molecule has 2 heterocycles. The Balaban J connectivity index is 1.62. The van der Waals surface area contributed by atoms with Crippen molar-refractivity contribution in [2.45, 2.75) is 32.7 Å². The first-order valence-corrected chi connectivity index (χ1v) is 13.1. The van der Waals surface area contributed by atoms with Gasteiger partial charge in [-0.1, -0.05) is 35.9 Å². The predicted molar refractivity (Wildman–Crippen MR) is 143 cm³/mol. The molecule has 9 heteroatoms. The van der Waals surface area contributed by atoms with Crippen LogP contribution in [0, 0.1) is 24.0 Å². The van der Waals surface area contributed by atoms with Crippen molar-refractivity contribution in [2.75, 3.05) is 33.4 Å². The van der Waals surface area contributed by atoms with E-state index in [-0.39, 0.29) is 29.7 Å². The van der Waals surface area contributed by atoms with Crippen LogP contribution in [-0.4, -0.2) is 59.9 Å². The molecule has 0 fully saturated rings. The molecule has 0 saturated heterocycles. The lowest BCUT2D eigenvalue weighted by Crippen LogP contribution is -2.47. The number of rotatable bonds is 9. The second-order valence-electron chi connectivity index (χ2n) is 9.28. The highest BCUT2D eigenvalue weighted by Crippen LogP contribution is 2.38. The number of aryl methyl sites for hydroxylation is 2. The zero-order valence-electron chi connectivity index (χ0n) is 21.3. The molecule has 1 atom stereocenters. The first-order valence-electron chi connectivity index (χ1n) is 12.3. The first kappa shape index (κ1) is 26.5. The lowest BCUT2D eigenvalue weighted by atomic mass is 9.92. The lowest BCUT2D eigenvalue weighted by molar-refractivity contribution is -0.385. The second-order valence-corrected chi connectivity index (χ2v) is 10.3. The fraction of sp³-hybridized carbons (Fsp3) is 0.357. The molecule has 1 aliphatic heterocycles. The minimum atomic E-state index is -0.495. The van der Waals surface area contributed by atoms with Crippen LogP contribution in [0.4, 0.5) is 5.69 Å². The Morgan fingerprint density at radius 1 is 1.16 bits per heavy atom. The quantitative estimate of drug-likeness (QED) is 0.226. The summed E-state index contributed by atoms with van der Waals surface area (Å²) < 4.78 is 5.16. The van der Waals surface area contributed by atoms with Crippen LogP contribution < -0.4 is 0 Å². The number of thiophene rings is 1. The Morgan fingerprint density at radius 2 is 1.92 bits per heavy atom. The van der Waals surface area contributed by atoms with Gasteiger partial charge in [0.25, 0.3) is 11.6 Å². The van der Waals surface area contributed by atoms with Gasteiger partial charge in [0.1, 0.15) is 6.54 Å². The molecule has 194 valence electrons. The third-order valence-corrected chi connectivity index (χ3v) is 7.72. The van der Waals surface area contributed by atoms with Gasteiger partial charge in [-0.05, 0) is 55.3 Å². The molecule has 1 aromatic heterocycles. The summed E-state index contributed by atoms with van der Waals surface area (Å²) in [7, 11) is 1.58. The van der Waals surface area contributed by atoms with E-state index in [1.165, 1.54) is 15.8 Å². The molecule has 37 heavy (non-hydrogen) atoms. The standard InChI is InChI=1S/C28H31N3O5S/c1-19-5-8-21(9-6-19)27-23-12-16-37-25(23)11-14-30(27)26(32)18-29(13-4-15-36-3)28(33)22-10-7-20(2)24(17-22)31(34)35/h5-10,12,16-17,27H,4,11,13-15,18H2,1-3H3. The molecule has 0 spiro atoms. The van der Waals surface area contributed by atoms with Crippen molar-refractivity contribution in [1.29, 1.82) is 0 Å². The number of ether oxygens (including phenoxy) is 1. The van der Waals surface area contributed by atoms with E-state index in [0.717, 1.165) is 23.1 Å². The van der Waals surface area contributed by atoms with Crippen molar-refractivity contribution in [2.24, 2.45) is 0 Å². The molecule has 1 unspecified atom stereocenters. The molecule has 2 amide bonds. The molecular weight excluding hydrogens is 490 g/mol. The molecule has 2 aromatic carbocycles. The Morgan fingerprint density at radius 3 is 2.62 bits per heavy atom. The highest BCUT2D eigenvalue weighted by atomic mass is 32.1. The Kier molecular flexibility index (Phi) is 8.35. The van der Waals surface area contributed by atoms with Gasteiger partial charge in [-0.25, -0.2) is 0 Å². The number of methoxy groups -OCH3 is 1. The van der Waals surface area contributed by atoms with E-state index in [0.29, 0.717) is 31.7 Å². The molecule has 0 saturated carbocycles. The average Bonchev–Trinajstić information content (AvgIpc) is 3.37. The molecule has 3 aromatic rings. The van der Waals surface area contributed by atoms with E-state index < -0.39 is 10.8 Å². The molecule has 0 radical (unpaired) electrons. The van der Waals surface area contributed by atoms with Crippen LogP contribution >= 0.6 is 11.3 Å². The van der Waals surface area contributed by atoms with Gasteiger partial charge in [0.15, 0.2) is 0 Å². The summed E-state index contributed by atoms with van der Waals surface area (Å²) in [5, 5.41) is 13.5. The summed E-state index contributed by atoms with van der Waals surface area (Å²) in [5.41, 5.74) is 3.85. The van der Waals surface area contributed by atoms with Crippen molar-refractivity contribution in [3.63, 3.8) is 0 Å². The maximum Gasteiger partial charge on any atom is 0.273 e. The number of nitrogens with zero attached hydrogens (tertiary/aromatic N) is 3. The Bertz CT molecular complexity index is 1290. The molecular formula is C28H31N3O5S. The van der Waals surface area contributed by atoms with Crippen molar-refractivity contribution >= 4 is 28.8 Å². The smallest absolute Gasteiger partial charge is 0.273 e. The summed E-state index contributed by atoms with van der Waals surface area (Å²) in [5.74, 6) is -0.567. The number of benzene rings is 2. The maximum atomic E-state index is 13.8. The molecule has 8 nitrogen and oxygen atoms in total. The van der Waals surface area contributed by atoms with E-state index in [4.69, 9.17) is 4.74 Å². The zero-order chi connectivity index (χ0) is 26.5. The summed E-state index contributed by atoms with van der Waals surface area (Å²) >= 11 is 1.70. The van der Waals surface area contributed by atoms with E-state index in [2.05, 4.69) is 23.6 Å². The molecule has 0 N–H and O–H groups in total.